The molecular formula is C30H39N9O9. The number of amides is 3. The van der Waals surface area contributed by atoms with Crippen molar-refractivity contribution in [2.75, 3.05) is 78.5 Å². The molecule has 3 aromatic rings. The normalized spacial score (nSPS) is 14.8. The molecule has 18 nitrogen and oxygen atoms in total. The zero-order chi connectivity index (χ0) is 34.6. The first-order valence-corrected chi connectivity index (χ1v) is 15.3. The Kier molecular flexibility index (Phi) is 12.5. The van der Waals surface area contributed by atoms with E-state index in [9.17, 15) is 44.4 Å². The molecule has 6 N–H and O–H groups in total. The molecule has 1 saturated heterocycles. The van der Waals surface area contributed by atoms with Crippen LogP contribution in [0.3, 0.4) is 0 Å². The minimum Gasteiger partial charge on any atom is -0.425 e. The summed E-state index contributed by atoms with van der Waals surface area (Å²) in [5.74, 6) is -1.81. The molecule has 3 amide bonds. The maximum absolute atomic E-state index is 12.6. The number of hydrogen-bond donors (Lipinski definition) is 6. The highest BCUT2D eigenvalue weighted by Crippen LogP contribution is 2.02. The van der Waals surface area contributed by atoms with E-state index in [1.165, 1.54) is 36.4 Å². The second-order valence-corrected chi connectivity index (χ2v) is 11.0. The molecule has 4 heterocycles. The Balaban J connectivity index is 1.35. The van der Waals surface area contributed by atoms with Crippen LogP contribution in [0, 0.1) is 0 Å². The second-order valence-electron chi connectivity index (χ2n) is 11.0. The quantitative estimate of drug-likeness (QED) is 0.109. The van der Waals surface area contributed by atoms with E-state index < -0.39 is 34.4 Å². The summed E-state index contributed by atoms with van der Waals surface area (Å²) in [6, 6.07) is 11.5. The van der Waals surface area contributed by atoms with Gasteiger partial charge in [-0.3, -0.25) is 43.5 Å². The van der Waals surface area contributed by atoms with Crippen LogP contribution in [0.5, 0.6) is 0 Å². The van der Waals surface area contributed by atoms with Gasteiger partial charge in [0.25, 0.3) is 34.4 Å². The van der Waals surface area contributed by atoms with Gasteiger partial charge in [-0.05, 0) is 18.2 Å². The van der Waals surface area contributed by atoms with Crippen molar-refractivity contribution in [1.29, 1.82) is 0 Å². The zero-order valence-electron chi connectivity index (χ0n) is 26.2. The summed E-state index contributed by atoms with van der Waals surface area (Å²) in [5, 5.41) is 37.8. The summed E-state index contributed by atoms with van der Waals surface area (Å²) in [6.07, 6.45) is 0. The summed E-state index contributed by atoms with van der Waals surface area (Å²) >= 11 is 0. The Morgan fingerprint density at radius 3 is 0.979 bits per heavy atom. The lowest BCUT2D eigenvalue weighted by molar-refractivity contribution is 0.0873. The summed E-state index contributed by atoms with van der Waals surface area (Å²) < 4.78 is 0.868. The van der Waals surface area contributed by atoms with E-state index in [4.69, 9.17) is 0 Å². The van der Waals surface area contributed by atoms with E-state index in [1.807, 2.05) is 0 Å². The van der Waals surface area contributed by atoms with Crippen molar-refractivity contribution in [2.24, 2.45) is 0 Å². The fourth-order valence-corrected chi connectivity index (χ4v) is 5.07. The van der Waals surface area contributed by atoms with Crippen molar-refractivity contribution in [3.63, 3.8) is 0 Å². The van der Waals surface area contributed by atoms with Crippen LogP contribution in [0.1, 0.15) is 31.5 Å². The first-order chi connectivity index (χ1) is 23.0. The third kappa shape index (κ3) is 9.53. The van der Waals surface area contributed by atoms with Gasteiger partial charge in [0, 0.05) is 96.7 Å². The van der Waals surface area contributed by atoms with Crippen LogP contribution in [-0.4, -0.2) is 141 Å². The summed E-state index contributed by atoms with van der Waals surface area (Å²) in [4.78, 5) is 79.1. The molecule has 1 aliphatic rings. The van der Waals surface area contributed by atoms with Crippen LogP contribution < -0.4 is 32.6 Å². The van der Waals surface area contributed by atoms with Crippen LogP contribution in [0.15, 0.2) is 69.0 Å². The fraction of sp³-hybridized carbons (Fsp3) is 0.400. The molecule has 0 saturated carbocycles. The third-order valence-corrected chi connectivity index (χ3v) is 7.83. The predicted octanol–water partition coefficient (Wildman–Crippen LogP) is -2.61. The van der Waals surface area contributed by atoms with Crippen molar-refractivity contribution in [2.45, 2.75) is 0 Å². The van der Waals surface area contributed by atoms with Gasteiger partial charge in [-0.25, -0.2) is 0 Å². The molecule has 1 fully saturated rings. The Labute approximate surface area is 273 Å². The minimum absolute atomic E-state index is 0.184. The van der Waals surface area contributed by atoms with Gasteiger partial charge >= 0.3 is 0 Å². The number of hydrogen-bond acceptors (Lipinski definition) is 12. The summed E-state index contributed by atoms with van der Waals surface area (Å²) in [7, 11) is 0. The molecule has 3 aromatic heterocycles. The van der Waals surface area contributed by atoms with Crippen molar-refractivity contribution in [3.05, 3.63) is 103 Å². The lowest BCUT2D eigenvalue weighted by Crippen LogP contribution is -2.43. The van der Waals surface area contributed by atoms with Gasteiger partial charge in [0.15, 0.2) is 0 Å². The number of carbonyl (C=O) groups is 3. The van der Waals surface area contributed by atoms with E-state index in [0.29, 0.717) is 58.9 Å². The topological polar surface area (TPSA) is 224 Å². The fourth-order valence-electron chi connectivity index (χ4n) is 5.07. The van der Waals surface area contributed by atoms with Crippen LogP contribution in [0.25, 0.3) is 0 Å². The molecule has 258 valence electrons. The molecular weight excluding hydrogens is 630 g/mol. The molecule has 0 radical (unpaired) electrons. The van der Waals surface area contributed by atoms with E-state index >= 15 is 0 Å². The smallest absolute Gasteiger partial charge is 0.283 e. The zero-order valence-corrected chi connectivity index (χ0v) is 26.2. The van der Waals surface area contributed by atoms with Gasteiger partial charge in [0.1, 0.15) is 17.1 Å². The lowest BCUT2D eigenvalue weighted by Gasteiger charge is -2.26. The molecule has 0 bridgehead atoms. The number of nitrogens with one attached hydrogen (secondary N) is 3. The number of pyridine rings is 3. The third-order valence-electron chi connectivity index (χ3n) is 7.83. The van der Waals surface area contributed by atoms with Crippen molar-refractivity contribution in [1.82, 2.24) is 44.8 Å². The van der Waals surface area contributed by atoms with Crippen LogP contribution in [-0.2, 0) is 0 Å². The highest BCUT2D eigenvalue weighted by molar-refractivity contribution is 5.93. The Morgan fingerprint density at radius 2 is 0.729 bits per heavy atom. The molecule has 48 heavy (non-hydrogen) atoms. The Hall–Kier alpha value is -5.46. The molecule has 18 heteroatoms. The molecule has 0 aliphatic carbocycles. The molecule has 0 spiro atoms. The van der Waals surface area contributed by atoms with E-state index in [-0.39, 0.29) is 50.9 Å². The average molecular weight is 670 g/mol. The van der Waals surface area contributed by atoms with Gasteiger partial charge in [-0.1, -0.05) is 18.2 Å². The standard InChI is InChI=1S/C30H39N9O9/c40-25-7-1-4-22(37(25)46)28(43)31-10-13-34-16-18-35(14-11-32-29(44)23-5-2-8-26(41)38(23)47)20-21-36(19-17-34)15-12-33-30(45)24-6-3-9-27(42)39(24)48/h1-9,46-48H,10-21H2,(H,31,43)(H,32,44)(H,33,45). The summed E-state index contributed by atoms with van der Waals surface area (Å²) in [6.45, 7) is 5.72. The Bertz CT molecular complexity index is 1560. The number of aromatic nitrogens is 3. The Morgan fingerprint density at radius 1 is 0.479 bits per heavy atom. The van der Waals surface area contributed by atoms with Crippen molar-refractivity contribution in [3.8, 4) is 0 Å². The summed E-state index contributed by atoms with van der Waals surface area (Å²) in [5.41, 5.74) is -2.72. The van der Waals surface area contributed by atoms with Crippen LogP contribution in [0.2, 0.25) is 0 Å². The van der Waals surface area contributed by atoms with Gasteiger partial charge < -0.3 is 31.6 Å². The molecule has 1 aliphatic heterocycles. The lowest BCUT2D eigenvalue weighted by atomic mass is 10.3. The average Bonchev–Trinajstić information content (AvgIpc) is 3.15. The second kappa shape index (κ2) is 16.9. The van der Waals surface area contributed by atoms with Crippen LogP contribution >= 0.6 is 0 Å². The number of carbonyl (C=O) groups excluding carboxylic acids is 3. The number of nitrogens with zero attached hydrogens (tertiary/aromatic N) is 6. The first kappa shape index (κ1) is 35.4. The van der Waals surface area contributed by atoms with E-state index in [1.54, 1.807) is 0 Å². The monoisotopic (exact) mass is 669 g/mol. The molecule has 0 aromatic carbocycles. The maximum atomic E-state index is 12.6. The van der Waals surface area contributed by atoms with Gasteiger partial charge in [-0.2, -0.15) is 0 Å². The molecule has 4 rings (SSSR count). The molecule has 0 unspecified atom stereocenters. The first-order valence-electron chi connectivity index (χ1n) is 15.3. The van der Waals surface area contributed by atoms with Crippen molar-refractivity contribution >= 4 is 17.7 Å². The van der Waals surface area contributed by atoms with Gasteiger partial charge in [-0.15, -0.1) is 14.2 Å². The van der Waals surface area contributed by atoms with Gasteiger partial charge in [0.05, 0.1) is 0 Å². The van der Waals surface area contributed by atoms with E-state index in [0.717, 1.165) is 18.2 Å². The van der Waals surface area contributed by atoms with Gasteiger partial charge in [0.2, 0.25) is 0 Å². The van der Waals surface area contributed by atoms with Crippen LogP contribution in [0.4, 0.5) is 0 Å². The van der Waals surface area contributed by atoms with Crippen molar-refractivity contribution < 1.29 is 30.0 Å². The highest BCUT2D eigenvalue weighted by Gasteiger charge is 2.19. The SMILES string of the molecule is O=C(NCCN1CCN(CCNC(=O)c2cccc(=O)n2O)CCN(CCNC(=O)c2cccc(=O)n2O)CC1)c1cccc(=O)n1O. The molecule has 0 atom stereocenters. The minimum atomic E-state index is -0.723. The number of rotatable bonds is 12. The maximum Gasteiger partial charge on any atom is 0.283 e. The van der Waals surface area contributed by atoms with E-state index in [2.05, 4.69) is 30.7 Å². The highest BCUT2D eigenvalue weighted by atomic mass is 16.5. The predicted molar refractivity (Wildman–Crippen MR) is 170 cm³/mol. The largest absolute Gasteiger partial charge is 0.425 e.